The van der Waals surface area contributed by atoms with Crippen molar-refractivity contribution in [1.29, 1.82) is 0 Å². The molecule has 0 radical (unpaired) electrons. The fourth-order valence-electron chi connectivity index (χ4n) is 1.48. The highest BCUT2D eigenvalue weighted by Gasteiger charge is 2.15. The van der Waals surface area contributed by atoms with E-state index in [2.05, 4.69) is 0 Å². The van der Waals surface area contributed by atoms with E-state index in [1.807, 2.05) is 0 Å². The zero-order chi connectivity index (χ0) is 11.0. The van der Waals surface area contributed by atoms with Gasteiger partial charge < -0.3 is 4.42 Å². The molecule has 76 valence electrons. The summed E-state index contributed by atoms with van der Waals surface area (Å²) in [6.07, 6.45) is 0. The number of halogens is 1. The van der Waals surface area contributed by atoms with E-state index in [0.29, 0.717) is 11.0 Å². The van der Waals surface area contributed by atoms with Crippen molar-refractivity contribution in [1.82, 2.24) is 0 Å². The SMILES string of the molecule is Cc1oc2ccccc2c(=O)c1C(=O)Cl. The topological polar surface area (TPSA) is 47.3 Å². The van der Waals surface area contributed by atoms with Gasteiger partial charge in [-0.15, -0.1) is 0 Å². The van der Waals surface area contributed by atoms with Crippen molar-refractivity contribution in [3.05, 3.63) is 45.8 Å². The number of para-hydroxylation sites is 1. The second kappa shape index (κ2) is 3.51. The van der Waals surface area contributed by atoms with Gasteiger partial charge in [-0.1, -0.05) is 12.1 Å². The van der Waals surface area contributed by atoms with Crippen molar-refractivity contribution < 1.29 is 9.21 Å². The van der Waals surface area contributed by atoms with Crippen LogP contribution in [0.1, 0.15) is 16.1 Å². The van der Waals surface area contributed by atoms with E-state index in [0.717, 1.165) is 0 Å². The van der Waals surface area contributed by atoms with E-state index in [9.17, 15) is 9.59 Å². The van der Waals surface area contributed by atoms with Gasteiger partial charge >= 0.3 is 0 Å². The molecule has 0 N–H and O–H groups in total. The molecule has 1 aromatic carbocycles. The van der Waals surface area contributed by atoms with Gasteiger partial charge in [0.25, 0.3) is 5.24 Å². The molecule has 2 rings (SSSR count). The molecule has 3 nitrogen and oxygen atoms in total. The fraction of sp³-hybridized carbons (Fsp3) is 0.0909. The van der Waals surface area contributed by atoms with Gasteiger partial charge in [-0.3, -0.25) is 9.59 Å². The Morgan fingerprint density at radius 2 is 2.00 bits per heavy atom. The monoisotopic (exact) mass is 222 g/mol. The Morgan fingerprint density at radius 1 is 1.33 bits per heavy atom. The van der Waals surface area contributed by atoms with Crippen LogP contribution in [-0.4, -0.2) is 5.24 Å². The fourth-order valence-corrected chi connectivity index (χ4v) is 1.70. The molecule has 1 heterocycles. The molecule has 1 aromatic heterocycles. The molecule has 0 unspecified atom stereocenters. The maximum atomic E-state index is 11.8. The van der Waals surface area contributed by atoms with Gasteiger partial charge in [0.2, 0.25) is 5.43 Å². The molecule has 2 aromatic rings. The lowest BCUT2D eigenvalue weighted by Crippen LogP contribution is -2.13. The smallest absolute Gasteiger partial charge is 0.259 e. The number of fused-ring (bicyclic) bond motifs is 1. The van der Waals surface area contributed by atoms with Crippen LogP contribution in [0.4, 0.5) is 0 Å². The molecule has 0 aliphatic carbocycles. The Hall–Kier alpha value is -1.61. The maximum Gasteiger partial charge on any atom is 0.259 e. The van der Waals surface area contributed by atoms with Crippen LogP contribution in [0.25, 0.3) is 11.0 Å². The molecular formula is C11H7ClO3. The van der Waals surface area contributed by atoms with E-state index < -0.39 is 5.24 Å². The van der Waals surface area contributed by atoms with Crippen molar-refractivity contribution in [2.45, 2.75) is 6.92 Å². The van der Waals surface area contributed by atoms with Crippen molar-refractivity contribution in [3.63, 3.8) is 0 Å². The minimum absolute atomic E-state index is 0.0876. The molecule has 4 heteroatoms. The van der Waals surface area contributed by atoms with Crippen LogP contribution in [0.5, 0.6) is 0 Å². The van der Waals surface area contributed by atoms with E-state index in [-0.39, 0.29) is 16.8 Å². The van der Waals surface area contributed by atoms with Crippen LogP contribution >= 0.6 is 11.6 Å². The summed E-state index contributed by atoms with van der Waals surface area (Å²) in [6, 6.07) is 6.74. The van der Waals surface area contributed by atoms with Gasteiger partial charge in [0, 0.05) is 0 Å². The third-order valence-corrected chi connectivity index (χ3v) is 2.36. The first-order valence-electron chi connectivity index (χ1n) is 4.33. The van der Waals surface area contributed by atoms with Crippen LogP contribution < -0.4 is 5.43 Å². The molecule has 15 heavy (non-hydrogen) atoms. The van der Waals surface area contributed by atoms with Gasteiger partial charge in [-0.25, -0.2) is 0 Å². The lowest BCUT2D eigenvalue weighted by molar-refractivity contribution is 0.107. The first-order chi connectivity index (χ1) is 7.11. The molecule has 0 atom stereocenters. The second-order valence-corrected chi connectivity index (χ2v) is 3.48. The average Bonchev–Trinajstić information content (AvgIpc) is 2.17. The normalized spacial score (nSPS) is 10.5. The lowest BCUT2D eigenvalue weighted by Gasteiger charge is -2.01. The van der Waals surface area contributed by atoms with Crippen molar-refractivity contribution in [2.24, 2.45) is 0 Å². The quantitative estimate of drug-likeness (QED) is 0.697. The molecule has 0 saturated carbocycles. The highest BCUT2D eigenvalue weighted by atomic mass is 35.5. The third-order valence-electron chi connectivity index (χ3n) is 2.17. The Balaban J connectivity index is 2.97. The molecule has 0 aliphatic rings. The first-order valence-corrected chi connectivity index (χ1v) is 4.71. The molecule has 0 spiro atoms. The molecule has 0 aliphatic heterocycles. The Morgan fingerprint density at radius 3 is 2.67 bits per heavy atom. The zero-order valence-electron chi connectivity index (χ0n) is 7.91. The molecule has 0 bridgehead atoms. The number of hydrogen-bond donors (Lipinski definition) is 0. The summed E-state index contributed by atoms with van der Waals surface area (Å²) in [5.74, 6) is 0.249. The summed E-state index contributed by atoms with van der Waals surface area (Å²) in [5, 5.41) is -0.417. The Kier molecular flexibility index (Phi) is 2.32. The summed E-state index contributed by atoms with van der Waals surface area (Å²) in [6.45, 7) is 1.55. The number of benzene rings is 1. The average molecular weight is 223 g/mol. The van der Waals surface area contributed by atoms with Gasteiger partial charge in [0.1, 0.15) is 16.9 Å². The minimum Gasteiger partial charge on any atom is -0.460 e. The highest BCUT2D eigenvalue weighted by Crippen LogP contribution is 2.15. The Bertz CT molecular complexity index is 598. The van der Waals surface area contributed by atoms with E-state index in [4.69, 9.17) is 16.0 Å². The minimum atomic E-state index is -0.785. The predicted octanol–water partition coefficient (Wildman–Crippen LogP) is 2.48. The molecule has 0 saturated heterocycles. The van der Waals surface area contributed by atoms with E-state index >= 15 is 0 Å². The van der Waals surface area contributed by atoms with E-state index in [1.165, 1.54) is 0 Å². The largest absolute Gasteiger partial charge is 0.460 e. The molecule has 0 amide bonds. The van der Waals surface area contributed by atoms with Crippen LogP contribution in [-0.2, 0) is 0 Å². The number of hydrogen-bond acceptors (Lipinski definition) is 3. The lowest BCUT2D eigenvalue weighted by atomic mass is 10.1. The number of rotatable bonds is 1. The van der Waals surface area contributed by atoms with Crippen molar-refractivity contribution in [3.8, 4) is 0 Å². The summed E-state index contributed by atoms with van der Waals surface area (Å²) in [4.78, 5) is 22.9. The number of aryl methyl sites for hydroxylation is 1. The predicted molar refractivity (Wildman–Crippen MR) is 57.4 cm³/mol. The number of carbonyl (C=O) groups excluding carboxylic acids is 1. The summed E-state index contributed by atoms with van der Waals surface area (Å²) in [7, 11) is 0. The third kappa shape index (κ3) is 1.55. The second-order valence-electron chi connectivity index (χ2n) is 3.13. The van der Waals surface area contributed by atoms with Gasteiger partial charge in [-0.05, 0) is 30.7 Å². The number of carbonyl (C=O) groups is 1. The molecular weight excluding hydrogens is 216 g/mol. The zero-order valence-corrected chi connectivity index (χ0v) is 8.67. The Labute approximate surface area is 90.3 Å². The van der Waals surface area contributed by atoms with Crippen LogP contribution in [0.3, 0.4) is 0 Å². The van der Waals surface area contributed by atoms with Gasteiger partial charge in [-0.2, -0.15) is 0 Å². The van der Waals surface area contributed by atoms with Crippen molar-refractivity contribution in [2.75, 3.05) is 0 Å². The van der Waals surface area contributed by atoms with Crippen molar-refractivity contribution >= 4 is 27.8 Å². The maximum absolute atomic E-state index is 11.8. The summed E-state index contributed by atoms with van der Waals surface area (Å²) in [5.41, 5.74) is -0.00798. The van der Waals surface area contributed by atoms with Gasteiger partial charge in [0.15, 0.2) is 0 Å². The summed E-state index contributed by atoms with van der Waals surface area (Å²) >= 11 is 5.32. The highest BCUT2D eigenvalue weighted by molar-refractivity contribution is 6.67. The molecule has 0 fully saturated rings. The van der Waals surface area contributed by atoms with Gasteiger partial charge in [0.05, 0.1) is 5.39 Å². The van der Waals surface area contributed by atoms with E-state index in [1.54, 1.807) is 31.2 Å². The van der Waals surface area contributed by atoms with Crippen LogP contribution in [0.2, 0.25) is 0 Å². The standard InChI is InChI=1S/C11H7ClO3/c1-6-9(11(12)14)10(13)7-4-2-3-5-8(7)15-6/h2-5H,1H3. The summed E-state index contributed by atoms with van der Waals surface area (Å²) < 4.78 is 5.33. The van der Waals surface area contributed by atoms with Crippen LogP contribution in [0.15, 0.2) is 33.5 Å². The first kappa shape index (κ1) is 9.93. The van der Waals surface area contributed by atoms with Crippen LogP contribution in [0, 0.1) is 6.92 Å².